The molecule has 1 heterocycles. The zero-order valence-corrected chi connectivity index (χ0v) is 11.8. The molecule has 0 atom stereocenters. The maximum atomic E-state index is 11.8. The number of hydrogen-bond acceptors (Lipinski definition) is 3. The molecule has 0 fully saturated rings. The van der Waals surface area contributed by atoms with Crippen molar-refractivity contribution in [3.05, 3.63) is 53.0 Å². The molecule has 0 spiro atoms. The Morgan fingerprint density at radius 3 is 2.62 bits per heavy atom. The highest BCUT2D eigenvalue weighted by atomic mass is 16.4. The number of furan rings is 1. The molecular weight excluding hydrogens is 272 g/mol. The first-order chi connectivity index (χ1) is 9.95. The second-order valence-corrected chi connectivity index (χ2v) is 4.70. The summed E-state index contributed by atoms with van der Waals surface area (Å²) in [5.41, 5.74) is 2.74. The molecule has 0 unspecified atom stereocenters. The van der Waals surface area contributed by atoms with Gasteiger partial charge in [-0.25, -0.2) is 9.59 Å². The number of carboxylic acid groups (broad SMARTS) is 1. The van der Waals surface area contributed by atoms with Crippen molar-refractivity contribution in [3.63, 3.8) is 0 Å². The van der Waals surface area contributed by atoms with Gasteiger partial charge in [-0.3, -0.25) is 0 Å². The van der Waals surface area contributed by atoms with Crippen LogP contribution in [0.5, 0.6) is 0 Å². The first-order valence-electron chi connectivity index (χ1n) is 6.40. The Kier molecular flexibility index (Phi) is 4.27. The number of anilines is 1. The maximum Gasteiger partial charge on any atom is 0.371 e. The predicted octanol–water partition coefficient (Wildman–Crippen LogP) is 2.92. The minimum absolute atomic E-state index is 0.115. The van der Waals surface area contributed by atoms with Crippen molar-refractivity contribution < 1.29 is 19.1 Å². The van der Waals surface area contributed by atoms with E-state index in [2.05, 4.69) is 10.6 Å². The summed E-state index contributed by atoms with van der Waals surface area (Å²) in [5.74, 6) is -0.911. The second kappa shape index (κ2) is 6.13. The average molecular weight is 288 g/mol. The molecule has 6 heteroatoms. The van der Waals surface area contributed by atoms with E-state index in [9.17, 15) is 9.59 Å². The summed E-state index contributed by atoms with van der Waals surface area (Å²) in [5, 5.41) is 14.1. The van der Waals surface area contributed by atoms with Crippen LogP contribution in [0.3, 0.4) is 0 Å². The van der Waals surface area contributed by atoms with E-state index in [1.165, 1.54) is 12.1 Å². The van der Waals surface area contributed by atoms with Crippen LogP contribution in [0.1, 0.15) is 27.4 Å². The zero-order valence-electron chi connectivity index (χ0n) is 11.8. The van der Waals surface area contributed by atoms with Crippen LogP contribution in [0.4, 0.5) is 10.5 Å². The van der Waals surface area contributed by atoms with E-state index < -0.39 is 5.97 Å². The molecule has 2 aromatic rings. The van der Waals surface area contributed by atoms with Crippen LogP contribution in [0.25, 0.3) is 0 Å². The van der Waals surface area contributed by atoms with Crippen molar-refractivity contribution in [2.24, 2.45) is 0 Å². The van der Waals surface area contributed by atoms with Crippen molar-refractivity contribution in [3.8, 4) is 0 Å². The Hall–Kier alpha value is -2.76. The Morgan fingerprint density at radius 2 is 1.95 bits per heavy atom. The third-order valence-electron chi connectivity index (χ3n) is 2.94. The molecule has 0 saturated heterocycles. The van der Waals surface area contributed by atoms with Crippen molar-refractivity contribution >= 4 is 17.7 Å². The fourth-order valence-corrected chi connectivity index (χ4v) is 1.79. The molecule has 0 bridgehead atoms. The topological polar surface area (TPSA) is 91.6 Å². The van der Waals surface area contributed by atoms with Gasteiger partial charge in [0.25, 0.3) is 0 Å². The first kappa shape index (κ1) is 14.6. The monoisotopic (exact) mass is 288 g/mol. The van der Waals surface area contributed by atoms with Gasteiger partial charge in [-0.2, -0.15) is 0 Å². The molecule has 6 nitrogen and oxygen atoms in total. The lowest BCUT2D eigenvalue weighted by atomic mass is 10.1. The minimum Gasteiger partial charge on any atom is -0.475 e. The number of carbonyl (C=O) groups is 2. The van der Waals surface area contributed by atoms with E-state index >= 15 is 0 Å². The van der Waals surface area contributed by atoms with Crippen LogP contribution in [0, 0.1) is 13.8 Å². The molecule has 0 saturated carbocycles. The molecule has 2 amide bonds. The number of aromatic carboxylic acids is 1. The van der Waals surface area contributed by atoms with E-state index in [-0.39, 0.29) is 18.3 Å². The van der Waals surface area contributed by atoms with Crippen molar-refractivity contribution in [1.82, 2.24) is 5.32 Å². The van der Waals surface area contributed by atoms with E-state index in [1.54, 1.807) is 0 Å². The summed E-state index contributed by atoms with van der Waals surface area (Å²) in [7, 11) is 0. The highest BCUT2D eigenvalue weighted by Gasteiger charge is 2.10. The number of carboxylic acids is 1. The minimum atomic E-state index is -1.14. The van der Waals surface area contributed by atoms with Crippen LogP contribution in [-0.2, 0) is 6.54 Å². The summed E-state index contributed by atoms with van der Waals surface area (Å²) < 4.78 is 5.05. The molecule has 1 aromatic carbocycles. The number of carbonyl (C=O) groups excluding carboxylic acids is 1. The van der Waals surface area contributed by atoms with E-state index in [0.717, 1.165) is 16.8 Å². The second-order valence-electron chi connectivity index (χ2n) is 4.70. The number of amides is 2. The Morgan fingerprint density at radius 1 is 1.19 bits per heavy atom. The summed E-state index contributed by atoms with van der Waals surface area (Å²) in [6, 6.07) is 8.26. The van der Waals surface area contributed by atoms with Gasteiger partial charge >= 0.3 is 12.0 Å². The Labute approximate surface area is 121 Å². The van der Waals surface area contributed by atoms with Gasteiger partial charge < -0.3 is 20.2 Å². The van der Waals surface area contributed by atoms with Crippen molar-refractivity contribution in [1.29, 1.82) is 0 Å². The summed E-state index contributed by atoms with van der Waals surface area (Å²) >= 11 is 0. The molecule has 0 aliphatic rings. The number of benzene rings is 1. The lowest BCUT2D eigenvalue weighted by molar-refractivity contribution is 0.0660. The van der Waals surface area contributed by atoms with E-state index in [0.29, 0.717) is 5.76 Å². The van der Waals surface area contributed by atoms with Gasteiger partial charge in [-0.05, 0) is 43.2 Å². The lowest BCUT2D eigenvalue weighted by Crippen LogP contribution is -2.28. The molecule has 0 aliphatic carbocycles. The van der Waals surface area contributed by atoms with Crippen molar-refractivity contribution in [2.45, 2.75) is 20.4 Å². The van der Waals surface area contributed by atoms with Crippen LogP contribution >= 0.6 is 0 Å². The highest BCUT2D eigenvalue weighted by Crippen LogP contribution is 2.16. The fraction of sp³-hybridized carbons (Fsp3) is 0.200. The van der Waals surface area contributed by atoms with Gasteiger partial charge in [0, 0.05) is 5.69 Å². The number of aryl methyl sites for hydroxylation is 2. The van der Waals surface area contributed by atoms with Gasteiger partial charge in [0.2, 0.25) is 5.76 Å². The van der Waals surface area contributed by atoms with E-state index in [4.69, 9.17) is 9.52 Å². The lowest BCUT2D eigenvalue weighted by Gasteiger charge is -2.10. The predicted molar refractivity (Wildman–Crippen MR) is 77.4 cm³/mol. The smallest absolute Gasteiger partial charge is 0.371 e. The molecule has 0 radical (unpaired) electrons. The largest absolute Gasteiger partial charge is 0.475 e. The standard InChI is InChI=1S/C15H16N2O4/c1-9-3-4-10(2)12(7-9)17-15(20)16-8-11-5-6-13(21-11)14(18)19/h3-7H,8H2,1-2H3,(H,18,19)(H2,16,17,20). The quantitative estimate of drug-likeness (QED) is 0.806. The van der Waals surface area contributed by atoms with Crippen LogP contribution in [-0.4, -0.2) is 17.1 Å². The fourth-order valence-electron chi connectivity index (χ4n) is 1.79. The van der Waals surface area contributed by atoms with Gasteiger partial charge in [0.05, 0.1) is 6.54 Å². The molecular formula is C15H16N2O4. The van der Waals surface area contributed by atoms with Gasteiger partial charge in [0.1, 0.15) is 5.76 Å². The van der Waals surface area contributed by atoms with Gasteiger partial charge in [-0.1, -0.05) is 12.1 Å². The van der Waals surface area contributed by atoms with Crippen molar-refractivity contribution in [2.75, 3.05) is 5.32 Å². The summed E-state index contributed by atoms with van der Waals surface area (Å²) in [6.45, 7) is 3.96. The molecule has 110 valence electrons. The van der Waals surface area contributed by atoms with Gasteiger partial charge in [-0.15, -0.1) is 0 Å². The third-order valence-corrected chi connectivity index (χ3v) is 2.94. The highest BCUT2D eigenvalue weighted by molar-refractivity contribution is 5.90. The maximum absolute atomic E-state index is 11.8. The number of hydrogen-bond donors (Lipinski definition) is 3. The number of rotatable bonds is 4. The molecule has 2 rings (SSSR count). The first-order valence-corrected chi connectivity index (χ1v) is 6.40. The van der Waals surface area contributed by atoms with Crippen LogP contribution in [0.2, 0.25) is 0 Å². The van der Waals surface area contributed by atoms with Crippen LogP contribution < -0.4 is 10.6 Å². The van der Waals surface area contributed by atoms with Crippen LogP contribution in [0.15, 0.2) is 34.7 Å². The normalized spacial score (nSPS) is 10.2. The zero-order chi connectivity index (χ0) is 15.4. The van der Waals surface area contributed by atoms with Gasteiger partial charge in [0.15, 0.2) is 0 Å². The molecule has 0 aliphatic heterocycles. The third kappa shape index (κ3) is 3.85. The average Bonchev–Trinajstić information content (AvgIpc) is 2.90. The Bertz CT molecular complexity index is 676. The molecule has 1 aromatic heterocycles. The molecule has 3 N–H and O–H groups in total. The summed E-state index contributed by atoms with van der Waals surface area (Å²) in [6.07, 6.45) is 0. The summed E-state index contributed by atoms with van der Waals surface area (Å²) in [4.78, 5) is 22.5. The Balaban J connectivity index is 1.92. The number of nitrogens with one attached hydrogen (secondary N) is 2. The van der Waals surface area contributed by atoms with E-state index in [1.807, 2.05) is 32.0 Å². The number of urea groups is 1. The molecule has 21 heavy (non-hydrogen) atoms. The SMILES string of the molecule is Cc1ccc(C)c(NC(=O)NCc2ccc(C(=O)O)o2)c1.